The predicted octanol–water partition coefficient (Wildman–Crippen LogP) is 2.98. The van der Waals surface area contributed by atoms with E-state index in [4.69, 9.17) is 0 Å². The fourth-order valence-corrected chi connectivity index (χ4v) is 3.50. The van der Waals surface area contributed by atoms with Crippen molar-refractivity contribution in [2.45, 2.75) is 59.4 Å². The van der Waals surface area contributed by atoms with E-state index in [0.29, 0.717) is 11.3 Å². The zero-order valence-corrected chi connectivity index (χ0v) is 16.4. The number of hydrogen-bond donors (Lipinski definition) is 0. The summed E-state index contributed by atoms with van der Waals surface area (Å²) in [5.41, 5.74) is 0.417. The molecule has 2 aromatic rings. The Morgan fingerprint density at radius 1 is 1.16 bits per heavy atom. The molecule has 0 N–H and O–H groups in total. The molecule has 1 fully saturated rings. The molecule has 6 nitrogen and oxygen atoms in total. The summed E-state index contributed by atoms with van der Waals surface area (Å²) in [5.74, 6) is 3.69. The summed E-state index contributed by atoms with van der Waals surface area (Å²) in [4.78, 5) is 6.89. The number of nitrogens with zero attached hydrogens (tertiary/aromatic N) is 6. The molecule has 1 aliphatic rings. The molecule has 0 radical (unpaired) electrons. The highest BCUT2D eigenvalue weighted by Gasteiger charge is 2.25. The van der Waals surface area contributed by atoms with Crippen molar-refractivity contribution in [2.24, 2.45) is 12.5 Å². The minimum atomic E-state index is 0.417. The quantitative estimate of drug-likeness (QED) is 0.837. The fraction of sp³-hybridized carbons (Fsp3) is 0.737. The van der Waals surface area contributed by atoms with Gasteiger partial charge in [0.2, 0.25) is 0 Å². The number of piperidine rings is 1. The van der Waals surface area contributed by atoms with Gasteiger partial charge in [-0.2, -0.15) is 0 Å². The van der Waals surface area contributed by atoms with Crippen LogP contribution in [-0.2, 0) is 13.6 Å². The highest BCUT2D eigenvalue weighted by Crippen LogP contribution is 2.28. The molecule has 0 spiro atoms. The monoisotopic (exact) mass is 344 g/mol. The molecule has 25 heavy (non-hydrogen) atoms. The van der Waals surface area contributed by atoms with Crippen LogP contribution in [-0.4, -0.2) is 48.8 Å². The minimum absolute atomic E-state index is 0.417. The van der Waals surface area contributed by atoms with Crippen molar-refractivity contribution < 1.29 is 0 Å². The molecule has 1 aliphatic heterocycles. The fourth-order valence-electron chi connectivity index (χ4n) is 3.50. The maximum atomic E-state index is 4.52. The van der Waals surface area contributed by atoms with Crippen LogP contribution in [0, 0.1) is 12.3 Å². The second kappa shape index (κ2) is 7.28. The van der Waals surface area contributed by atoms with Crippen LogP contribution in [0.15, 0.2) is 12.4 Å². The molecule has 3 rings (SSSR count). The third-order valence-corrected chi connectivity index (χ3v) is 5.36. The van der Waals surface area contributed by atoms with Crippen molar-refractivity contribution in [3.8, 4) is 0 Å². The summed E-state index contributed by atoms with van der Waals surface area (Å²) < 4.78 is 4.30. The molecular weight excluding hydrogens is 312 g/mol. The summed E-state index contributed by atoms with van der Waals surface area (Å²) >= 11 is 0. The van der Waals surface area contributed by atoms with Gasteiger partial charge in [0.05, 0.1) is 6.54 Å². The summed E-state index contributed by atoms with van der Waals surface area (Å²) in [6.07, 6.45) is 7.45. The first-order chi connectivity index (χ1) is 11.8. The van der Waals surface area contributed by atoms with Gasteiger partial charge in [0.15, 0.2) is 5.82 Å². The maximum Gasteiger partial charge on any atom is 0.152 e. The van der Waals surface area contributed by atoms with Gasteiger partial charge >= 0.3 is 0 Å². The summed E-state index contributed by atoms with van der Waals surface area (Å²) in [6, 6.07) is 0. The van der Waals surface area contributed by atoms with Gasteiger partial charge in [-0.05, 0) is 51.2 Å². The van der Waals surface area contributed by atoms with Crippen LogP contribution in [0.4, 0.5) is 0 Å². The van der Waals surface area contributed by atoms with Crippen molar-refractivity contribution in [3.05, 3.63) is 29.9 Å². The molecule has 0 aromatic carbocycles. The first-order valence-corrected chi connectivity index (χ1v) is 9.42. The van der Waals surface area contributed by atoms with E-state index in [1.807, 2.05) is 19.3 Å². The maximum absolute atomic E-state index is 4.52. The Morgan fingerprint density at radius 2 is 1.88 bits per heavy atom. The van der Waals surface area contributed by atoms with E-state index < -0.39 is 0 Å². The van der Waals surface area contributed by atoms with Crippen LogP contribution < -0.4 is 0 Å². The van der Waals surface area contributed by atoms with Crippen molar-refractivity contribution in [3.63, 3.8) is 0 Å². The Morgan fingerprint density at radius 3 is 2.48 bits per heavy atom. The van der Waals surface area contributed by atoms with Gasteiger partial charge in [-0.3, -0.25) is 0 Å². The van der Waals surface area contributed by atoms with E-state index >= 15 is 0 Å². The molecule has 0 saturated carbocycles. The number of aromatic nitrogens is 5. The SMILES string of the molecule is Cc1nccn1Cc1nnc(C2CCN(CCC(C)(C)C)CC2)n1C. The molecule has 2 aromatic heterocycles. The third kappa shape index (κ3) is 4.48. The van der Waals surface area contributed by atoms with E-state index in [-0.39, 0.29) is 0 Å². The molecule has 0 amide bonds. The predicted molar refractivity (Wildman–Crippen MR) is 99.6 cm³/mol. The number of aryl methyl sites for hydroxylation is 1. The van der Waals surface area contributed by atoms with Crippen molar-refractivity contribution in [1.82, 2.24) is 29.2 Å². The molecule has 6 heteroatoms. The molecule has 1 saturated heterocycles. The largest absolute Gasteiger partial charge is 0.328 e. The second-order valence-electron chi connectivity index (χ2n) is 8.56. The van der Waals surface area contributed by atoms with Gasteiger partial charge in [0.1, 0.15) is 11.6 Å². The van der Waals surface area contributed by atoms with Crippen LogP contribution >= 0.6 is 0 Å². The summed E-state index contributed by atoms with van der Waals surface area (Å²) in [5, 5.41) is 8.97. The van der Waals surface area contributed by atoms with E-state index in [1.54, 1.807) is 0 Å². The van der Waals surface area contributed by atoms with E-state index in [1.165, 1.54) is 38.9 Å². The average Bonchev–Trinajstić information content (AvgIpc) is 3.13. The van der Waals surface area contributed by atoms with Gasteiger partial charge < -0.3 is 14.0 Å². The standard InChI is InChI=1S/C19H32N6/c1-15-20-9-13-25(15)14-17-21-22-18(23(17)5)16-6-10-24(11-7-16)12-8-19(2,3)4/h9,13,16H,6-8,10-12,14H2,1-5H3. The number of rotatable bonds is 5. The molecule has 138 valence electrons. The highest BCUT2D eigenvalue weighted by molar-refractivity contribution is 5.05. The van der Waals surface area contributed by atoms with E-state index in [9.17, 15) is 0 Å². The van der Waals surface area contributed by atoms with Crippen molar-refractivity contribution in [1.29, 1.82) is 0 Å². The smallest absolute Gasteiger partial charge is 0.152 e. The number of likely N-dealkylation sites (tertiary alicyclic amines) is 1. The van der Waals surface area contributed by atoms with Gasteiger partial charge in [0, 0.05) is 25.4 Å². The van der Waals surface area contributed by atoms with Crippen LogP contribution in [0.2, 0.25) is 0 Å². The lowest BCUT2D eigenvalue weighted by atomic mass is 9.90. The summed E-state index contributed by atoms with van der Waals surface area (Å²) in [6.45, 7) is 13.3. The molecule has 0 atom stereocenters. The van der Waals surface area contributed by atoms with Gasteiger partial charge in [-0.25, -0.2) is 4.98 Å². The normalized spacial score (nSPS) is 17.3. The molecule has 3 heterocycles. The Kier molecular flexibility index (Phi) is 5.27. The zero-order valence-electron chi connectivity index (χ0n) is 16.4. The molecule has 0 unspecified atom stereocenters. The van der Waals surface area contributed by atoms with E-state index in [0.717, 1.165) is 24.0 Å². The van der Waals surface area contributed by atoms with Crippen LogP contribution in [0.1, 0.15) is 63.4 Å². The number of hydrogen-bond acceptors (Lipinski definition) is 4. The Hall–Kier alpha value is -1.69. The van der Waals surface area contributed by atoms with Gasteiger partial charge in [-0.1, -0.05) is 20.8 Å². The lowest BCUT2D eigenvalue weighted by molar-refractivity contribution is 0.181. The molecule has 0 bridgehead atoms. The number of imidazole rings is 1. The summed E-state index contributed by atoms with van der Waals surface area (Å²) in [7, 11) is 2.10. The molecular formula is C19H32N6. The van der Waals surface area contributed by atoms with Gasteiger partial charge in [-0.15, -0.1) is 10.2 Å². The lowest BCUT2D eigenvalue weighted by Gasteiger charge is -2.33. The minimum Gasteiger partial charge on any atom is -0.328 e. The van der Waals surface area contributed by atoms with Crippen molar-refractivity contribution in [2.75, 3.05) is 19.6 Å². The lowest BCUT2D eigenvalue weighted by Crippen LogP contribution is -2.35. The average molecular weight is 345 g/mol. The first kappa shape index (κ1) is 18.1. The van der Waals surface area contributed by atoms with Crippen molar-refractivity contribution >= 4 is 0 Å². The van der Waals surface area contributed by atoms with Crippen LogP contribution in [0.5, 0.6) is 0 Å². The Bertz CT molecular complexity index is 685. The molecule has 0 aliphatic carbocycles. The van der Waals surface area contributed by atoms with E-state index in [2.05, 4.69) is 57.0 Å². The van der Waals surface area contributed by atoms with Crippen LogP contribution in [0.25, 0.3) is 0 Å². The van der Waals surface area contributed by atoms with Gasteiger partial charge in [0.25, 0.3) is 0 Å². The topological polar surface area (TPSA) is 51.8 Å². The van der Waals surface area contributed by atoms with Crippen LogP contribution in [0.3, 0.4) is 0 Å². The second-order valence-corrected chi connectivity index (χ2v) is 8.56. The Balaban J connectivity index is 1.58. The first-order valence-electron chi connectivity index (χ1n) is 9.42. The zero-order chi connectivity index (χ0) is 18.0. The third-order valence-electron chi connectivity index (χ3n) is 5.36. The Labute approximate surface area is 151 Å². The highest BCUT2D eigenvalue weighted by atomic mass is 15.3.